The second-order valence-electron chi connectivity index (χ2n) is 5.88. The number of rotatable bonds is 3. The topological polar surface area (TPSA) is 15.3 Å². The molecule has 0 amide bonds. The lowest BCUT2D eigenvalue weighted by molar-refractivity contribution is 0.0847. The van der Waals surface area contributed by atoms with Gasteiger partial charge in [-0.05, 0) is 50.6 Å². The van der Waals surface area contributed by atoms with Crippen molar-refractivity contribution in [1.29, 1.82) is 0 Å². The van der Waals surface area contributed by atoms with Crippen LogP contribution in [0.15, 0.2) is 0 Å². The van der Waals surface area contributed by atoms with Crippen LogP contribution in [-0.4, -0.2) is 37.1 Å². The van der Waals surface area contributed by atoms with Gasteiger partial charge in [-0.1, -0.05) is 13.8 Å². The molecular weight excluding hydrogens is 184 g/mol. The molecule has 2 saturated heterocycles. The minimum atomic E-state index is 0.816. The van der Waals surface area contributed by atoms with E-state index < -0.39 is 0 Å². The Morgan fingerprint density at radius 2 is 2.00 bits per heavy atom. The van der Waals surface area contributed by atoms with E-state index in [4.69, 9.17) is 0 Å². The SMILES string of the molecule is CC1CCC(C)N(CC(C)C2CNC2)C1. The standard InChI is InChI=1S/C13H26N2/c1-10-4-5-12(3)15(8-10)9-11(2)13-6-14-7-13/h10-14H,4-9H2,1-3H3. The van der Waals surface area contributed by atoms with E-state index in [2.05, 4.69) is 31.0 Å². The van der Waals surface area contributed by atoms with Crippen LogP contribution in [-0.2, 0) is 0 Å². The molecule has 2 rings (SSSR count). The van der Waals surface area contributed by atoms with Gasteiger partial charge >= 0.3 is 0 Å². The normalized spacial score (nSPS) is 36.2. The van der Waals surface area contributed by atoms with Crippen molar-refractivity contribution in [2.45, 2.75) is 39.7 Å². The average Bonchev–Trinajstić information content (AvgIpc) is 2.08. The van der Waals surface area contributed by atoms with E-state index in [9.17, 15) is 0 Å². The number of hydrogen-bond acceptors (Lipinski definition) is 2. The number of piperidine rings is 1. The third kappa shape index (κ3) is 2.73. The predicted molar refractivity (Wildman–Crippen MR) is 65.0 cm³/mol. The van der Waals surface area contributed by atoms with Crippen LogP contribution < -0.4 is 5.32 Å². The van der Waals surface area contributed by atoms with Gasteiger partial charge in [0, 0.05) is 19.1 Å². The summed E-state index contributed by atoms with van der Waals surface area (Å²) in [5.41, 5.74) is 0. The molecule has 0 aromatic rings. The maximum Gasteiger partial charge on any atom is 0.00672 e. The third-order valence-corrected chi connectivity index (χ3v) is 4.39. The van der Waals surface area contributed by atoms with E-state index in [-0.39, 0.29) is 0 Å². The smallest absolute Gasteiger partial charge is 0.00672 e. The zero-order chi connectivity index (χ0) is 10.8. The van der Waals surface area contributed by atoms with Gasteiger partial charge in [0.1, 0.15) is 0 Å². The molecule has 2 heterocycles. The van der Waals surface area contributed by atoms with Gasteiger partial charge in [0.2, 0.25) is 0 Å². The summed E-state index contributed by atoms with van der Waals surface area (Å²) in [5.74, 6) is 2.72. The quantitative estimate of drug-likeness (QED) is 0.766. The van der Waals surface area contributed by atoms with Gasteiger partial charge in [0.15, 0.2) is 0 Å². The van der Waals surface area contributed by atoms with Crippen molar-refractivity contribution < 1.29 is 0 Å². The van der Waals surface area contributed by atoms with Crippen LogP contribution >= 0.6 is 0 Å². The number of hydrogen-bond donors (Lipinski definition) is 1. The van der Waals surface area contributed by atoms with Gasteiger partial charge in [-0.15, -0.1) is 0 Å². The maximum atomic E-state index is 3.38. The molecule has 0 aromatic heterocycles. The Labute approximate surface area is 94.4 Å². The van der Waals surface area contributed by atoms with E-state index in [1.165, 1.54) is 39.0 Å². The Bertz CT molecular complexity index is 201. The molecule has 2 fully saturated rings. The molecule has 1 N–H and O–H groups in total. The molecule has 2 aliphatic heterocycles. The Morgan fingerprint density at radius 1 is 1.27 bits per heavy atom. The van der Waals surface area contributed by atoms with E-state index in [1.54, 1.807) is 0 Å². The largest absolute Gasteiger partial charge is 0.316 e. The number of nitrogens with zero attached hydrogens (tertiary/aromatic N) is 1. The van der Waals surface area contributed by atoms with Crippen molar-refractivity contribution in [3.05, 3.63) is 0 Å². The number of likely N-dealkylation sites (tertiary alicyclic amines) is 1. The summed E-state index contributed by atoms with van der Waals surface area (Å²) in [7, 11) is 0. The van der Waals surface area contributed by atoms with Crippen LogP contribution in [0.4, 0.5) is 0 Å². The van der Waals surface area contributed by atoms with Crippen molar-refractivity contribution in [1.82, 2.24) is 10.2 Å². The monoisotopic (exact) mass is 210 g/mol. The molecule has 15 heavy (non-hydrogen) atoms. The van der Waals surface area contributed by atoms with Crippen molar-refractivity contribution >= 4 is 0 Å². The number of nitrogens with one attached hydrogen (secondary N) is 1. The first-order valence-corrected chi connectivity index (χ1v) is 6.61. The van der Waals surface area contributed by atoms with Gasteiger partial charge in [-0.2, -0.15) is 0 Å². The van der Waals surface area contributed by atoms with Crippen LogP contribution in [0, 0.1) is 17.8 Å². The first-order chi connectivity index (χ1) is 7.16. The summed E-state index contributed by atoms with van der Waals surface area (Å²) >= 11 is 0. The molecule has 2 heteroatoms. The molecule has 0 bridgehead atoms. The minimum Gasteiger partial charge on any atom is -0.316 e. The average molecular weight is 210 g/mol. The summed E-state index contributed by atoms with van der Waals surface area (Å²) in [6.45, 7) is 12.4. The fourth-order valence-corrected chi connectivity index (χ4v) is 2.87. The molecule has 0 spiro atoms. The highest BCUT2D eigenvalue weighted by molar-refractivity contribution is 4.84. The fraction of sp³-hybridized carbons (Fsp3) is 1.00. The highest BCUT2D eigenvalue weighted by Gasteiger charge is 2.29. The first kappa shape index (κ1) is 11.4. The summed E-state index contributed by atoms with van der Waals surface area (Å²) in [5, 5.41) is 3.38. The van der Waals surface area contributed by atoms with Gasteiger partial charge in [-0.25, -0.2) is 0 Å². The lowest BCUT2D eigenvalue weighted by Crippen LogP contribution is -2.50. The molecule has 0 aliphatic carbocycles. The Morgan fingerprint density at radius 3 is 2.60 bits per heavy atom. The molecule has 88 valence electrons. The summed E-state index contributed by atoms with van der Waals surface area (Å²) in [6.07, 6.45) is 2.83. The van der Waals surface area contributed by atoms with Crippen molar-refractivity contribution in [3.63, 3.8) is 0 Å². The fourth-order valence-electron chi connectivity index (χ4n) is 2.87. The molecule has 3 atom stereocenters. The summed E-state index contributed by atoms with van der Waals surface area (Å²) in [4.78, 5) is 2.72. The van der Waals surface area contributed by atoms with Crippen LogP contribution in [0.5, 0.6) is 0 Å². The summed E-state index contributed by atoms with van der Waals surface area (Å²) < 4.78 is 0. The maximum absolute atomic E-state index is 3.38. The van der Waals surface area contributed by atoms with Crippen molar-refractivity contribution in [2.75, 3.05) is 26.2 Å². The van der Waals surface area contributed by atoms with Crippen LogP contribution in [0.1, 0.15) is 33.6 Å². The van der Waals surface area contributed by atoms with E-state index in [0.717, 1.165) is 23.8 Å². The lowest BCUT2D eigenvalue weighted by atomic mass is 9.86. The van der Waals surface area contributed by atoms with E-state index >= 15 is 0 Å². The molecular formula is C13H26N2. The molecule has 2 nitrogen and oxygen atoms in total. The van der Waals surface area contributed by atoms with Crippen molar-refractivity contribution in [2.24, 2.45) is 17.8 Å². The minimum absolute atomic E-state index is 0.816. The molecule has 0 radical (unpaired) electrons. The second kappa shape index (κ2) is 4.84. The molecule has 3 unspecified atom stereocenters. The van der Waals surface area contributed by atoms with Crippen LogP contribution in [0.3, 0.4) is 0 Å². The highest BCUT2D eigenvalue weighted by Crippen LogP contribution is 2.25. The third-order valence-electron chi connectivity index (χ3n) is 4.39. The van der Waals surface area contributed by atoms with E-state index in [0.29, 0.717) is 0 Å². The first-order valence-electron chi connectivity index (χ1n) is 6.61. The molecule has 2 aliphatic rings. The van der Waals surface area contributed by atoms with Gasteiger partial charge in [0.25, 0.3) is 0 Å². The lowest BCUT2D eigenvalue weighted by Gasteiger charge is -2.41. The van der Waals surface area contributed by atoms with Gasteiger partial charge < -0.3 is 10.2 Å². The highest BCUT2D eigenvalue weighted by atomic mass is 15.2. The van der Waals surface area contributed by atoms with Gasteiger partial charge in [-0.3, -0.25) is 0 Å². The zero-order valence-electron chi connectivity index (χ0n) is 10.5. The van der Waals surface area contributed by atoms with Crippen molar-refractivity contribution in [3.8, 4) is 0 Å². The Hall–Kier alpha value is -0.0800. The molecule has 0 aromatic carbocycles. The van der Waals surface area contributed by atoms with Gasteiger partial charge in [0.05, 0.1) is 0 Å². The summed E-state index contributed by atoms with van der Waals surface area (Å²) in [6, 6.07) is 0.816. The second-order valence-corrected chi connectivity index (χ2v) is 5.88. The van der Waals surface area contributed by atoms with E-state index in [1.807, 2.05) is 0 Å². The predicted octanol–water partition coefficient (Wildman–Crippen LogP) is 1.96. The molecule has 0 saturated carbocycles. The van der Waals surface area contributed by atoms with Crippen LogP contribution in [0.2, 0.25) is 0 Å². The van der Waals surface area contributed by atoms with Crippen LogP contribution in [0.25, 0.3) is 0 Å². The zero-order valence-corrected chi connectivity index (χ0v) is 10.5. The Kier molecular flexibility index (Phi) is 3.68. The Balaban J connectivity index is 1.80.